The van der Waals surface area contributed by atoms with Gasteiger partial charge < -0.3 is 10.7 Å². The fourth-order valence-electron chi connectivity index (χ4n) is 2.05. The van der Waals surface area contributed by atoms with E-state index in [1.807, 2.05) is 0 Å². The molecule has 1 aromatic carbocycles. The van der Waals surface area contributed by atoms with Crippen molar-refractivity contribution in [1.29, 1.82) is 0 Å². The van der Waals surface area contributed by atoms with Crippen molar-refractivity contribution in [3.63, 3.8) is 0 Å². The average molecular weight is 311 g/mol. The first-order valence-electron chi connectivity index (χ1n) is 6.52. The molecule has 1 atom stereocenters. The van der Waals surface area contributed by atoms with Gasteiger partial charge >= 0.3 is 0 Å². The first-order chi connectivity index (χ1) is 9.78. The van der Waals surface area contributed by atoms with E-state index in [0.717, 1.165) is 6.26 Å². The highest BCUT2D eigenvalue weighted by Gasteiger charge is 2.17. The molecule has 3 N–H and O–H groups in total. The second-order valence-electron chi connectivity index (χ2n) is 5.10. The second kappa shape index (κ2) is 5.95. The van der Waals surface area contributed by atoms with Crippen molar-refractivity contribution in [2.24, 2.45) is 5.73 Å². The molecule has 0 aliphatic rings. The third kappa shape index (κ3) is 3.89. The summed E-state index contributed by atoms with van der Waals surface area (Å²) in [5, 5.41) is 0. The summed E-state index contributed by atoms with van der Waals surface area (Å²) in [5.41, 5.74) is 7.54. The highest BCUT2D eigenvalue weighted by Crippen LogP contribution is 2.25. The van der Waals surface area contributed by atoms with Gasteiger partial charge in [-0.1, -0.05) is 12.1 Å². The molecular weight excluding hydrogens is 293 g/mol. The van der Waals surface area contributed by atoms with Gasteiger partial charge in [0.1, 0.15) is 21.5 Å². The lowest BCUT2D eigenvalue weighted by molar-refractivity contribution is 0.587. The number of hydrogen-bond acceptors (Lipinski definition) is 4. The van der Waals surface area contributed by atoms with Crippen LogP contribution in [-0.2, 0) is 9.84 Å². The number of aryl methyl sites for hydroxylation is 1. The summed E-state index contributed by atoms with van der Waals surface area (Å²) in [5.74, 6) is 0.0981. The molecule has 0 amide bonds. The summed E-state index contributed by atoms with van der Waals surface area (Å²) in [7, 11) is -3.07. The van der Waals surface area contributed by atoms with E-state index in [-0.39, 0.29) is 18.0 Å². The summed E-state index contributed by atoms with van der Waals surface area (Å²) in [6.45, 7) is 1.78. The van der Waals surface area contributed by atoms with Crippen LogP contribution >= 0.6 is 0 Å². The molecule has 1 unspecified atom stereocenters. The Hall–Kier alpha value is -1.73. The Morgan fingerprint density at radius 3 is 2.67 bits per heavy atom. The van der Waals surface area contributed by atoms with E-state index in [2.05, 4.69) is 9.97 Å². The SMILES string of the molecule is Cc1[nH]c(C(N)CCS(C)(=O)=O)nc1-c1ccccc1F. The maximum Gasteiger partial charge on any atom is 0.147 e. The maximum absolute atomic E-state index is 13.8. The maximum atomic E-state index is 13.8. The second-order valence-corrected chi connectivity index (χ2v) is 7.36. The molecule has 114 valence electrons. The van der Waals surface area contributed by atoms with Crippen LogP contribution in [0.2, 0.25) is 0 Å². The molecule has 0 fully saturated rings. The van der Waals surface area contributed by atoms with E-state index in [0.29, 0.717) is 22.8 Å². The number of hydrogen-bond donors (Lipinski definition) is 2. The van der Waals surface area contributed by atoms with E-state index < -0.39 is 15.9 Å². The predicted molar refractivity (Wildman–Crippen MR) is 80.0 cm³/mol. The molecule has 7 heteroatoms. The normalized spacial score (nSPS) is 13.3. The van der Waals surface area contributed by atoms with Gasteiger partial charge in [-0.15, -0.1) is 0 Å². The fourth-order valence-corrected chi connectivity index (χ4v) is 2.73. The van der Waals surface area contributed by atoms with Crippen molar-refractivity contribution in [3.05, 3.63) is 41.6 Å². The van der Waals surface area contributed by atoms with Crippen LogP contribution in [0.4, 0.5) is 4.39 Å². The highest BCUT2D eigenvalue weighted by atomic mass is 32.2. The molecule has 1 heterocycles. The number of nitrogens with one attached hydrogen (secondary N) is 1. The van der Waals surface area contributed by atoms with E-state index in [1.165, 1.54) is 6.07 Å². The largest absolute Gasteiger partial charge is 0.344 e. The van der Waals surface area contributed by atoms with Crippen molar-refractivity contribution in [2.75, 3.05) is 12.0 Å². The summed E-state index contributed by atoms with van der Waals surface area (Å²) in [4.78, 5) is 7.33. The number of H-pyrrole nitrogens is 1. The number of nitrogens with zero attached hydrogens (tertiary/aromatic N) is 1. The smallest absolute Gasteiger partial charge is 0.147 e. The number of halogens is 1. The first kappa shape index (κ1) is 15.7. The topological polar surface area (TPSA) is 88.8 Å². The number of rotatable bonds is 5. The average Bonchev–Trinajstić information content (AvgIpc) is 2.78. The molecule has 21 heavy (non-hydrogen) atoms. The lowest BCUT2D eigenvalue weighted by Gasteiger charge is -2.07. The molecule has 0 aliphatic carbocycles. The molecule has 1 aromatic heterocycles. The van der Waals surface area contributed by atoms with Gasteiger partial charge in [-0.3, -0.25) is 0 Å². The Balaban J connectivity index is 2.25. The van der Waals surface area contributed by atoms with Gasteiger partial charge in [0.2, 0.25) is 0 Å². The van der Waals surface area contributed by atoms with E-state index in [4.69, 9.17) is 5.73 Å². The van der Waals surface area contributed by atoms with Gasteiger partial charge in [-0.25, -0.2) is 17.8 Å². The van der Waals surface area contributed by atoms with Gasteiger partial charge in [0.05, 0.1) is 17.5 Å². The van der Waals surface area contributed by atoms with Gasteiger partial charge in [-0.05, 0) is 25.5 Å². The minimum Gasteiger partial charge on any atom is -0.344 e. The van der Waals surface area contributed by atoms with Gasteiger partial charge in [-0.2, -0.15) is 0 Å². The van der Waals surface area contributed by atoms with E-state index >= 15 is 0 Å². The standard InChI is InChI=1S/C14H18FN3O2S/c1-9-13(10-5-3-4-6-11(10)15)18-14(17-9)12(16)7-8-21(2,19)20/h3-6,12H,7-8,16H2,1-2H3,(H,17,18). The summed E-state index contributed by atoms with van der Waals surface area (Å²) >= 11 is 0. The first-order valence-corrected chi connectivity index (χ1v) is 8.58. The third-order valence-corrected chi connectivity index (χ3v) is 4.16. The molecule has 0 spiro atoms. The van der Waals surface area contributed by atoms with Crippen LogP contribution in [0.15, 0.2) is 24.3 Å². The van der Waals surface area contributed by atoms with Crippen LogP contribution in [-0.4, -0.2) is 30.4 Å². The Labute approximate surface area is 123 Å². The minimum absolute atomic E-state index is 0.0110. The third-order valence-electron chi connectivity index (χ3n) is 3.18. The number of imidazole rings is 1. The molecule has 0 saturated heterocycles. The molecule has 2 rings (SSSR count). The zero-order valence-electron chi connectivity index (χ0n) is 11.9. The van der Waals surface area contributed by atoms with Crippen molar-refractivity contribution < 1.29 is 12.8 Å². The number of sulfone groups is 1. The lowest BCUT2D eigenvalue weighted by Crippen LogP contribution is -2.17. The van der Waals surface area contributed by atoms with Crippen molar-refractivity contribution >= 4 is 9.84 Å². The van der Waals surface area contributed by atoms with Crippen molar-refractivity contribution in [1.82, 2.24) is 9.97 Å². The molecule has 0 saturated carbocycles. The molecule has 2 aromatic rings. The number of aromatic nitrogens is 2. The zero-order chi connectivity index (χ0) is 15.6. The van der Waals surface area contributed by atoms with E-state index in [9.17, 15) is 12.8 Å². The van der Waals surface area contributed by atoms with Crippen LogP contribution in [0.3, 0.4) is 0 Å². The summed E-state index contributed by atoms with van der Waals surface area (Å²) < 4.78 is 36.1. The Morgan fingerprint density at radius 2 is 2.05 bits per heavy atom. The quantitative estimate of drug-likeness (QED) is 0.883. The number of nitrogens with two attached hydrogens (primary N) is 1. The Kier molecular flexibility index (Phi) is 4.43. The van der Waals surface area contributed by atoms with Gasteiger partial charge in [0.15, 0.2) is 0 Å². The molecule has 0 aliphatic heterocycles. The molecule has 0 bridgehead atoms. The number of benzene rings is 1. The summed E-state index contributed by atoms with van der Waals surface area (Å²) in [6.07, 6.45) is 1.43. The van der Waals surface area contributed by atoms with Crippen LogP contribution in [0, 0.1) is 12.7 Å². The minimum atomic E-state index is -3.07. The van der Waals surface area contributed by atoms with E-state index in [1.54, 1.807) is 25.1 Å². The van der Waals surface area contributed by atoms with Crippen LogP contribution in [0.5, 0.6) is 0 Å². The Morgan fingerprint density at radius 1 is 1.38 bits per heavy atom. The summed E-state index contributed by atoms with van der Waals surface area (Å²) in [6, 6.07) is 5.82. The van der Waals surface area contributed by atoms with Crippen LogP contribution in [0.25, 0.3) is 11.3 Å². The monoisotopic (exact) mass is 311 g/mol. The lowest BCUT2D eigenvalue weighted by atomic mass is 10.1. The van der Waals surface area contributed by atoms with Gasteiger partial charge in [0.25, 0.3) is 0 Å². The number of aromatic amines is 1. The van der Waals surface area contributed by atoms with Crippen molar-refractivity contribution in [2.45, 2.75) is 19.4 Å². The fraction of sp³-hybridized carbons (Fsp3) is 0.357. The molecule has 0 radical (unpaired) electrons. The van der Waals surface area contributed by atoms with Gasteiger partial charge in [0, 0.05) is 17.5 Å². The predicted octanol–water partition coefficient (Wildman–Crippen LogP) is 1.96. The highest BCUT2D eigenvalue weighted by molar-refractivity contribution is 7.90. The van der Waals surface area contributed by atoms with Crippen LogP contribution < -0.4 is 5.73 Å². The van der Waals surface area contributed by atoms with Crippen molar-refractivity contribution in [3.8, 4) is 11.3 Å². The Bertz CT molecular complexity index is 740. The zero-order valence-corrected chi connectivity index (χ0v) is 12.7. The molecule has 5 nitrogen and oxygen atoms in total. The van der Waals surface area contributed by atoms with Crippen LogP contribution in [0.1, 0.15) is 24.0 Å². The molecular formula is C14H18FN3O2S.